The van der Waals surface area contributed by atoms with Gasteiger partial charge in [-0.25, -0.2) is 4.79 Å². The van der Waals surface area contributed by atoms with Gasteiger partial charge in [-0.05, 0) is 51.0 Å². The van der Waals surface area contributed by atoms with Crippen LogP contribution < -0.4 is 4.90 Å². The Balaban J connectivity index is 1.80. The van der Waals surface area contributed by atoms with E-state index in [1.54, 1.807) is 4.90 Å². The Morgan fingerprint density at radius 3 is 2.60 bits per heavy atom. The third-order valence-electron chi connectivity index (χ3n) is 5.37. The highest BCUT2D eigenvalue weighted by atomic mass is 35.5. The summed E-state index contributed by atoms with van der Waals surface area (Å²) in [5.74, 6) is 0.218. The second kappa shape index (κ2) is 7.64. The van der Waals surface area contributed by atoms with Crippen LogP contribution in [0.25, 0.3) is 10.9 Å². The van der Waals surface area contributed by atoms with Crippen molar-refractivity contribution >= 4 is 34.3 Å². The lowest BCUT2D eigenvalue weighted by Crippen LogP contribution is -2.42. The molecular formula is C24H27ClN2O3. The van der Waals surface area contributed by atoms with Crippen LogP contribution in [0.2, 0.25) is 0 Å². The first-order valence-corrected chi connectivity index (χ1v) is 10.6. The normalized spacial score (nSPS) is 18.6. The highest BCUT2D eigenvalue weighted by molar-refractivity contribution is 6.19. The van der Waals surface area contributed by atoms with E-state index >= 15 is 0 Å². The van der Waals surface area contributed by atoms with Gasteiger partial charge in [-0.3, -0.25) is 4.90 Å². The topological polar surface area (TPSA) is 54.6 Å². The number of carbonyl (C=O) groups excluding carboxylic acids is 1. The fourth-order valence-electron chi connectivity index (χ4n) is 4.03. The van der Waals surface area contributed by atoms with Crippen molar-refractivity contribution in [3.05, 3.63) is 65.4 Å². The molecule has 158 valence electrons. The number of hydrogen-bond donors (Lipinski definition) is 1. The zero-order valence-corrected chi connectivity index (χ0v) is 18.5. The van der Waals surface area contributed by atoms with Gasteiger partial charge < -0.3 is 14.5 Å². The molecule has 1 atom stereocenters. The zero-order chi connectivity index (χ0) is 21.5. The molecule has 2 heterocycles. The van der Waals surface area contributed by atoms with E-state index < -0.39 is 17.3 Å². The van der Waals surface area contributed by atoms with Crippen LogP contribution in [-0.2, 0) is 21.7 Å². The lowest BCUT2D eigenvalue weighted by atomic mass is 9.92. The number of aromatic amines is 1. The summed E-state index contributed by atoms with van der Waals surface area (Å²) in [6.45, 7) is 8.34. The number of aryl methyl sites for hydroxylation is 1. The lowest BCUT2D eigenvalue weighted by Gasteiger charge is -2.30. The summed E-state index contributed by atoms with van der Waals surface area (Å²) in [5.41, 5.74) is 3.43. The molecule has 3 aromatic rings. The van der Waals surface area contributed by atoms with Crippen molar-refractivity contribution in [2.75, 3.05) is 17.3 Å². The van der Waals surface area contributed by atoms with Gasteiger partial charge in [0.1, 0.15) is 11.2 Å². The number of hydrogen-bond acceptors (Lipinski definition) is 3. The molecule has 0 aliphatic carbocycles. The van der Waals surface area contributed by atoms with E-state index in [4.69, 9.17) is 21.1 Å². The van der Waals surface area contributed by atoms with E-state index in [0.29, 0.717) is 13.2 Å². The molecule has 1 amide bonds. The number of aromatic nitrogens is 1. The van der Waals surface area contributed by atoms with Crippen LogP contribution >= 0.6 is 11.6 Å². The number of carbonyl (C=O) groups is 1. The van der Waals surface area contributed by atoms with Crippen molar-refractivity contribution in [3.63, 3.8) is 0 Å². The second-order valence-corrected chi connectivity index (χ2v) is 9.09. The number of anilines is 1. The second-order valence-electron chi connectivity index (χ2n) is 8.82. The van der Waals surface area contributed by atoms with Gasteiger partial charge in [-0.15, -0.1) is 11.6 Å². The average molecular weight is 427 g/mol. The van der Waals surface area contributed by atoms with Crippen molar-refractivity contribution in [2.24, 2.45) is 0 Å². The number of alkyl halides is 1. The quantitative estimate of drug-likeness (QED) is 0.530. The molecule has 0 bridgehead atoms. The van der Waals surface area contributed by atoms with Crippen LogP contribution in [0.4, 0.5) is 10.5 Å². The number of ether oxygens (including phenoxy) is 2. The number of benzene rings is 2. The fraction of sp³-hybridized carbons (Fsp3) is 0.375. The molecule has 1 unspecified atom stereocenters. The Kier molecular flexibility index (Phi) is 5.28. The molecule has 2 aromatic carbocycles. The molecular weight excluding hydrogens is 400 g/mol. The maximum absolute atomic E-state index is 13.1. The molecule has 1 aliphatic rings. The molecule has 0 radical (unpaired) electrons. The van der Waals surface area contributed by atoms with E-state index in [-0.39, 0.29) is 5.88 Å². The van der Waals surface area contributed by atoms with E-state index in [0.717, 1.165) is 33.3 Å². The minimum absolute atomic E-state index is 0.218. The number of nitrogens with one attached hydrogen (secondary N) is 1. The molecule has 1 aromatic heterocycles. The van der Waals surface area contributed by atoms with Gasteiger partial charge in [0.2, 0.25) is 0 Å². The third-order valence-corrected chi connectivity index (χ3v) is 5.80. The van der Waals surface area contributed by atoms with Gasteiger partial charge >= 0.3 is 6.09 Å². The number of fused-ring (bicyclic) bond motifs is 3. The molecule has 6 heteroatoms. The van der Waals surface area contributed by atoms with Crippen molar-refractivity contribution in [1.29, 1.82) is 0 Å². The van der Waals surface area contributed by atoms with Crippen molar-refractivity contribution in [3.8, 4) is 0 Å². The minimum Gasteiger partial charge on any atom is -0.443 e. The first-order chi connectivity index (χ1) is 14.2. The largest absolute Gasteiger partial charge is 0.443 e. The lowest BCUT2D eigenvalue weighted by molar-refractivity contribution is -0.0328. The summed E-state index contributed by atoms with van der Waals surface area (Å²) < 4.78 is 12.2. The smallest absolute Gasteiger partial charge is 0.414 e. The summed E-state index contributed by atoms with van der Waals surface area (Å²) in [5, 5.41) is 1.05. The van der Waals surface area contributed by atoms with Crippen LogP contribution in [0.15, 0.2) is 48.7 Å². The number of amides is 1. The molecule has 0 saturated carbocycles. The van der Waals surface area contributed by atoms with Gasteiger partial charge in [0.15, 0.2) is 0 Å². The Bertz CT molecular complexity index is 1070. The first kappa shape index (κ1) is 20.8. The van der Waals surface area contributed by atoms with Gasteiger partial charge in [-0.1, -0.05) is 30.3 Å². The summed E-state index contributed by atoms with van der Waals surface area (Å²) in [7, 11) is 0. The molecule has 1 N–H and O–H groups in total. The van der Waals surface area contributed by atoms with Gasteiger partial charge in [-0.2, -0.15) is 0 Å². The molecule has 4 rings (SSSR count). The van der Waals surface area contributed by atoms with Crippen LogP contribution in [0.5, 0.6) is 0 Å². The maximum atomic E-state index is 13.1. The number of rotatable bonds is 4. The maximum Gasteiger partial charge on any atom is 0.414 e. The SMILES string of the molecule is Cc1c[nH]c2ccc3c(c12)C(CCl)(OCc1ccccc1)CN3C(=O)OC(C)(C)C. The van der Waals surface area contributed by atoms with E-state index in [9.17, 15) is 4.79 Å². The molecule has 0 fully saturated rings. The minimum atomic E-state index is -0.837. The molecule has 0 saturated heterocycles. The average Bonchev–Trinajstić information content (AvgIpc) is 3.24. The van der Waals surface area contributed by atoms with Gasteiger partial charge in [0, 0.05) is 22.7 Å². The van der Waals surface area contributed by atoms with Crippen molar-refractivity contribution in [2.45, 2.75) is 45.5 Å². The van der Waals surface area contributed by atoms with Crippen LogP contribution in [0.3, 0.4) is 0 Å². The van der Waals surface area contributed by atoms with E-state index in [1.807, 2.05) is 76.4 Å². The molecule has 30 heavy (non-hydrogen) atoms. The van der Waals surface area contributed by atoms with Crippen molar-refractivity contribution < 1.29 is 14.3 Å². The summed E-state index contributed by atoms with van der Waals surface area (Å²) >= 11 is 6.57. The number of H-pyrrole nitrogens is 1. The predicted molar refractivity (Wildman–Crippen MR) is 120 cm³/mol. The van der Waals surface area contributed by atoms with Crippen LogP contribution in [0, 0.1) is 6.92 Å². The van der Waals surface area contributed by atoms with Crippen molar-refractivity contribution in [1.82, 2.24) is 4.98 Å². The Morgan fingerprint density at radius 1 is 1.20 bits per heavy atom. The number of halogens is 1. The fourth-order valence-corrected chi connectivity index (χ4v) is 4.32. The summed E-state index contributed by atoms with van der Waals surface area (Å²) in [6, 6.07) is 13.9. The number of nitrogens with zero attached hydrogens (tertiary/aromatic N) is 1. The van der Waals surface area contributed by atoms with Gasteiger partial charge in [0.05, 0.1) is 24.7 Å². The van der Waals surface area contributed by atoms with E-state index in [1.165, 1.54) is 0 Å². The predicted octanol–water partition coefficient (Wildman–Crippen LogP) is 5.88. The standard InChI is InChI=1S/C24H27ClN2O3/c1-16-12-26-18-10-11-19-21(20(16)18)24(14-25,29-13-17-8-6-5-7-9-17)15-27(19)22(28)30-23(2,3)4/h5-12,26H,13-15H2,1-4H3. The first-order valence-electron chi connectivity index (χ1n) is 10.1. The highest BCUT2D eigenvalue weighted by Crippen LogP contribution is 2.48. The van der Waals surface area contributed by atoms with Crippen LogP contribution in [-0.4, -0.2) is 29.1 Å². The summed E-state index contributed by atoms with van der Waals surface area (Å²) in [4.78, 5) is 18.0. The molecule has 0 spiro atoms. The monoisotopic (exact) mass is 426 g/mol. The molecule has 1 aliphatic heterocycles. The molecule has 5 nitrogen and oxygen atoms in total. The van der Waals surface area contributed by atoms with Crippen LogP contribution in [0.1, 0.15) is 37.5 Å². The Labute approximate surface area is 181 Å². The van der Waals surface area contributed by atoms with Gasteiger partial charge in [0.25, 0.3) is 0 Å². The zero-order valence-electron chi connectivity index (χ0n) is 17.8. The third kappa shape index (κ3) is 3.68. The Morgan fingerprint density at radius 2 is 1.93 bits per heavy atom. The summed E-state index contributed by atoms with van der Waals surface area (Å²) in [6.07, 6.45) is 1.57. The van der Waals surface area contributed by atoms with E-state index in [2.05, 4.69) is 4.98 Å². The highest BCUT2D eigenvalue weighted by Gasteiger charge is 2.48. The Hall–Kier alpha value is -2.50.